The number of likely N-dealkylation sites (tertiary alicyclic amines) is 1. The second-order valence-corrected chi connectivity index (χ2v) is 6.97. The van der Waals surface area contributed by atoms with Gasteiger partial charge in [-0.15, -0.1) is 0 Å². The number of carbonyl (C=O) groups is 1. The summed E-state index contributed by atoms with van der Waals surface area (Å²) in [6.45, 7) is 1.71. The predicted molar refractivity (Wildman–Crippen MR) is 94.7 cm³/mol. The number of anilines is 1. The van der Waals surface area contributed by atoms with E-state index < -0.39 is 0 Å². The number of carbonyl (C=O) groups excluding carboxylic acids is 1. The summed E-state index contributed by atoms with van der Waals surface area (Å²) in [4.78, 5) is 23.6. The molecule has 1 aliphatic heterocycles. The van der Waals surface area contributed by atoms with E-state index in [1.807, 2.05) is 24.3 Å². The van der Waals surface area contributed by atoms with Crippen LogP contribution in [0.25, 0.3) is 11.0 Å². The van der Waals surface area contributed by atoms with Crippen molar-refractivity contribution >= 4 is 22.8 Å². The summed E-state index contributed by atoms with van der Waals surface area (Å²) in [5.41, 5.74) is 1.83. The third-order valence-electron chi connectivity index (χ3n) is 5.31. The Labute approximate surface area is 142 Å². The van der Waals surface area contributed by atoms with Gasteiger partial charge in [0.2, 0.25) is 5.91 Å². The molecule has 2 fully saturated rings. The number of rotatable bonds is 3. The number of para-hydroxylation sites is 2. The molecule has 0 unspecified atom stereocenters. The summed E-state index contributed by atoms with van der Waals surface area (Å²) in [5.74, 6) is 1.51. The molecule has 0 radical (unpaired) electrons. The zero-order chi connectivity index (χ0) is 16.4. The smallest absolute Gasteiger partial charge is 0.225 e. The molecule has 5 heteroatoms. The van der Waals surface area contributed by atoms with Gasteiger partial charge in [0.25, 0.3) is 0 Å². The lowest BCUT2D eigenvalue weighted by Crippen LogP contribution is -2.44. The van der Waals surface area contributed by atoms with Crippen molar-refractivity contribution in [3.8, 4) is 0 Å². The van der Waals surface area contributed by atoms with Gasteiger partial charge < -0.3 is 10.2 Å². The number of hydrogen-bond donors (Lipinski definition) is 1. The first-order chi connectivity index (χ1) is 11.8. The predicted octanol–water partition coefficient (Wildman–Crippen LogP) is 3.22. The molecular formula is C19H24N4O. The average Bonchev–Trinajstić information content (AvgIpc) is 3.16. The quantitative estimate of drug-likeness (QED) is 0.942. The monoisotopic (exact) mass is 324 g/mol. The number of hydrogen-bond acceptors (Lipinski definition) is 4. The molecule has 24 heavy (non-hydrogen) atoms. The molecule has 2 aromatic rings. The zero-order valence-corrected chi connectivity index (χ0v) is 13.9. The Morgan fingerprint density at radius 1 is 1.04 bits per heavy atom. The maximum Gasteiger partial charge on any atom is 0.225 e. The van der Waals surface area contributed by atoms with Gasteiger partial charge in [0.05, 0.1) is 17.2 Å². The molecule has 0 spiro atoms. The lowest BCUT2D eigenvalue weighted by Gasteiger charge is -2.34. The first-order valence-electron chi connectivity index (χ1n) is 9.07. The number of benzene rings is 1. The third-order valence-corrected chi connectivity index (χ3v) is 5.31. The topological polar surface area (TPSA) is 58.1 Å². The average molecular weight is 324 g/mol. The summed E-state index contributed by atoms with van der Waals surface area (Å²) in [6.07, 6.45) is 8.37. The Bertz CT molecular complexity index is 718. The van der Waals surface area contributed by atoms with Crippen LogP contribution in [0.5, 0.6) is 0 Å². The first-order valence-corrected chi connectivity index (χ1v) is 9.07. The number of piperidine rings is 1. The lowest BCUT2D eigenvalue weighted by molar-refractivity contribution is -0.136. The van der Waals surface area contributed by atoms with E-state index in [0.717, 1.165) is 55.6 Å². The van der Waals surface area contributed by atoms with Crippen molar-refractivity contribution in [2.24, 2.45) is 5.92 Å². The van der Waals surface area contributed by atoms with Gasteiger partial charge in [-0.05, 0) is 37.8 Å². The van der Waals surface area contributed by atoms with Crippen LogP contribution in [-0.2, 0) is 4.79 Å². The van der Waals surface area contributed by atoms with Crippen LogP contribution in [0, 0.1) is 5.92 Å². The Morgan fingerprint density at radius 3 is 2.50 bits per heavy atom. The summed E-state index contributed by atoms with van der Waals surface area (Å²) in [6, 6.07) is 8.28. The fraction of sp³-hybridized carbons (Fsp3) is 0.526. The lowest BCUT2D eigenvalue weighted by atomic mass is 10.0. The van der Waals surface area contributed by atoms with E-state index in [4.69, 9.17) is 0 Å². The zero-order valence-electron chi connectivity index (χ0n) is 13.9. The second-order valence-electron chi connectivity index (χ2n) is 6.97. The molecule has 1 saturated carbocycles. The van der Waals surface area contributed by atoms with Gasteiger partial charge in [0.15, 0.2) is 0 Å². The Kier molecular flexibility index (Phi) is 4.32. The van der Waals surface area contributed by atoms with Crippen LogP contribution in [0.3, 0.4) is 0 Å². The van der Waals surface area contributed by atoms with Crippen molar-refractivity contribution in [3.63, 3.8) is 0 Å². The van der Waals surface area contributed by atoms with Crippen LogP contribution in [0.2, 0.25) is 0 Å². The van der Waals surface area contributed by atoms with E-state index in [1.54, 1.807) is 6.20 Å². The van der Waals surface area contributed by atoms with Crippen LogP contribution >= 0.6 is 0 Å². The van der Waals surface area contributed by atoms with E-state index in [0.29, 0.717) is 17.9 Å². The standard InChI is InChI=1S/C19H24N4O/c24-19(14-5-1-2-6-14)23-11-9-15(10-12-23)21-18-13-20-16-7-3-4-8-17(16)22-18/h3-4,7-8,13-15H,1-2,5-6,9-12H2,(H,21,22). The molecule has 4 rings (SSSR count). The summed E-state index contributed by atoms with van der Waals surface area (Å²) in [5, 5.41) is 3.49. The van der Waals surface area contributed by atoms with Crippen molar-refractivity contribution in [1.29, 1.82) is 0 Å². The highest BCUT2D eigenvalue weighted by Crippen LogP contribution is 2.28. The van der Waals surface area contributed by atoms with Crippen molar-refractivity contribution in [3.05, 3.63) is 30.5 Å². The minimum absolute atomic E-state index is 0.292. The third kappa shape index (κ3) is 3.21. The van der Waals surface area contributed by atoms with E-state index in [2.05, 4.69) is 20.2 Å². The highest BCUT2D eigenvalue weighted by Gasteiger charge is 2.30. The van der Waals surface area contributed by atoms with Gasteiger partial charge in [0, 0.05) is 25.0 Å². The Hall–Kier alpha value is -2.17. The minimum Gasteiger partial charge on any atom is -0.366 e. The second kappa shape index (κ2) is 6.75. The van der Waals surface area contributed by atoms with Gasteiger partial charge in [0.1, 0.15) is 5.82 Å². The van der Waals surface area contributed by atoms with E-state index in [9.17, 15) is 4.79 Å². The van der Waals surface area contributed by atoms with Gasteiger partial charge in [-0.3, -0.25) is 9.78 Å². The molecule has 126 valence electrons. The van der Waals surface area contributed by atoms with E-state index in [-0.39, 0.29) is 0 Å². The van der Waals surface area contributed by atoms with Crippen LogP contribution in [0.4, 0.5) is 5.82 Å². The molecule has 2 aliphatic rings. The number of amides is 1. The van der Waals surface area contributed by atoms with E-state index in [1.165, 1.54) is 12.8 Å². The Morgan fingerprint density at radius 2 is 1.75 bits per heavy atom. The SMILES string of the molecule is O=C(C1CCCC1)N1CCC(Nc2cnc3ccccc3n2)CC1. The fourth-order valence-corrected chi connectivity index (χ4v) is 3.91. The van der Waals surface area contributed by atoms with Crippen molar-refractivity contribution in [2.45, 2.75) is 44.6 Å². The number of fused-ring (bicyclic) bond motifs is 1. The highest BCUT2D eigenvalue weighted by molar-refractivity contribution is 5.79. The largest absolute Gasteiger partial charge is 0.366 e. The summed E-state index contributed by atoms with van der Waals surface area (Å²) in [7, 11) is 0. The maximum atomic E-state index is 12.5. The van der Waals surface area contributed by atoms with Gasteiger partial charge in [-0.25, -0.2) is 4.98 Å². The first kappa shape index (κ1) is 15.4. The molecule has 0 atom stereocenters. The van der Waals surface area contributed by atoms with Crippen LogP contribution in [-0.4, -0.2) is 39.9 Å². The molecule has 1 amide bonds. The molecular weight excluding hydrogens is 300 g/mol. The molecule has 5 nitrogen and oxygen atoms in total. The number of nitrogens with zero attached hydrogens (tertiary/aromatic N) is 3. The van der Waals surface area contributed by atoms with Crippen LogP contribution < -0.4 is 5.32 Å². The number of aromatic nitrogens is 2. The van der Waals surface area contributed by atoms with Crippen molar-refractivity contribution in [1.82, 2.24) is 14.9 Å². The molecule has 1 aromatic heterocycles. The molecule has 0 bridgehead atoms. The number of nitrogens with one attached hydrogen (secondary N) is 1. The summed E-state index contributed by atoms with van der Waals surface area (Å²) < 4.78 is 0. The van der Waals surface area contributed by atoms with Crippen molar-refractivity contribution in [2.75, 3.05) is 18.4 Å². The van der Waals surface area contributed by atoms with Crippen molar-refractivity contribution < 1.29 is 4.79 Å². The molecule has 1 aliphatic carbocycles. The molecule has 1 saturated heterocycles. The fourth-order valence-electron chi connectivity index (χ4n) is 3.91. The minimum atomic E-state index is 0.292. The van der Waals surface area contributed by atoms with Crippen LogP contribution in [0.1, 0.15) is 38.5 Å². The van der Waals surface area contributed by atoms with Crippen LogP contribution in [0.15, 0.2) is 30.5 Å². The van der Waals surface area contributed by atoms with Gasteiger partial charge in [-0.2, -0.15) is 0 Å². The molecule has 1 aromatic carbocycles. The molecule has 2 heterocycles. The normalized spacial score (nSPS) is 19.8. The van der Waals surface area contributed by atoms with Gasteiger partial charge >= 0.3 is 0 Å². The van der Waals surface area contributed by atoms with Gasteiger partial charge in [-0.1, -0.05) is 25.0 Å². The molecule has 1 N–H and O–H groups in total. The maximum absolute atomic E-state index is 12.5. The summed E-state index contributed by atoms with van der Waals surface area (Å²) >= 11 is 0. The van der Waals surface area contributed by atoms with E-state index >= 15 is 0 Å². The highest BCUT2D eigenvalue weighted by atomic mass is 16.2. The Balaban J connectivity index is 1.34.